The Balaban J connectivity index is 1.49. The smallest absolute Gasteiger partial charge is 0.407 e. The Labute approximate surface area is 238 Å². The highest BCUT2D eigenvalue weighted by atomic mass is 16.5. The van der Waals surface area contributed by atoms with E-state index in [0.717, 1.165) is 0 Å². The Kier molecular flexibility index (Phi) is 10.7. The van der Waals surface area contributed by atoms with Crippen LogP contribution >= 0.6 is 0 Å². The molecule has 3 aromatic rings. The van der Waals surface area contributed by atoms with Gasteiger partial charge in [0.05, 0.1) is 37.4 Å². The fraction of sp³-hybridized carbons (Fsp3) is 0.345. The lowest BCUT2D eigenvalue weighted by atomic mass is 9.92. The Morgan fingerprint density at radius 3 is 2.51 bits per heavy atom. The second kappa shape index (κ2) is 14.4. The largest absolute Gasteiger partial charge is 0.496 e. The minimum atomic E-state index is -0.697. The van der Waals surface area contributed by atoms with E-state index in [-0.39, 0.29) is 37.3 Å². The molecule has 216 valence electrons. The van der Waals surface area contributed by atoms with Crippen molar-refractivity contribution in [1.82, 2.24) is 15.6 Å². The molecule has 0 aliphatic carbocycles. The number of nitrogens with zero attached hydrogens (tertiary/aromatic N) is 2. The van der Waals surface area contributed by atoms with Gasteiger partial charge < -0.3 is 35.2 Å². The number of aromatic nitrogens is 1. The molecule has 2 aromatic carbocycles. The molecule has 0 radical (unpaired) electrons. The number of amides is 4. The number of hydrogen-bond donors (Lipinski definition) is 4. The SMILES string of the molecule is COc1cc(NC(=O)Nc2cccc(CNC(=O)OCC(CC#N)NC(=O)CC(C)(C)C)c2)ccc1-c1cnco1. The number of alkyl carbamates (subject to hydrolysis) is 1. The number of nitriles is 1. The van der Waals surface area contributed by atoms with Crippen molar-refractivity contribution in [2.45, 2.75) is 46.2 Å². The molecule has 1 aromatic heterocycles. The van der Waals surface area contributed by atoms with Gasteiger partial charge in [0, 0.05) is 30.4 Å². The number of carbonyl (C=O) groups excluding carboxylic acids is 3. The second-order valence-electron chi connectivity index (χ2n) is 10.4. The van der Waals surface area contributed by atoms with E-state index in [0.29, 0.717) is 34.0 Å². The van der Waals surface area contributed by atoms with Crippen LogP contribution in [0, 0.1) is 16.7 Å². The first-order valence-electron chi connectivity index (χ1n) is 12.9. The van der Waals surface area contributed by atoms with Gasteiger partial charge in [-0.25, -0.2) is 14.6 Å². The average molecular weight is 563 g/mol. The van der Waals surface area contributed by atoms with Gasteiger partial charge in [-0.05, 0) is 35.2 Å². The zero-order chi connectivity index (χ0) is 29.8. The fourth-order valence-electron chi connectivity index (χ4n) is 3.80. The van der Waals surface area contributed by atoms with Gasteiger partial charge in [-0.2, -0.15) is 5.26 Å². The highest BCUT2D eigenvalue weighted by Crippen LogP contribution is 2.32. The molecule has 0 aliphatic rings. The first-order valence-corrected chi connectivity index (χ1v) is 12.9. The number of oxazole rings is 1. The quantitative estimate of drug-likeness (QED) is 0.252. The Morgan fingerprint density at radius 2 is 1.85 bits per heavy atom. The number of methoxy groups -OCH3 is 1. The van der Waals surface area contributed by atoms with E-state index in [1.807, 2.05) is 26.8 Å². The predicted molar refractivity (Wildman–Crippen MR) is 152 cm³/mol. The molecule has 0 aliphatic heterocycles. The number of ether oxygens (including phenoxy) is 2. The average Bonchev–Trinajstić information content (AvgIpc) is 3.44. The Morgan fingerprint density at radius 1 is 1.10 bits per heavy atom. The minimum Gasteiger partial charge on any atom is -0.496 e. The van der Waals surface area contributed by atoms with Gasteiger partial charge >= 0.3 is 12.1 Å². The minimum absolute atomic E-state index is 0.0112. The molecular formula is C29H34N6O6. The molecule has 0 fully saturated rings. The van der Waals surface area contributed by atoms with E-state index < -0.39 is 18.2 Å². The summed E-state index contributed by atoms with van der Waals surface area (Å²) in [5, 5.41) is 19.9. The molecule has 1 unspecified atom stereocenters. The number of carbonyl (C=O) groups is 3. The molecule has 4 amide bonds. The van der Waals surface area contributed by atoms with E-state index in [1.54, 1.807) is 48.7 Å². The van der Waals surface area contributed by atoms with Crippen LogP contribution in [-0.4, -0.2) is 42.8 Å². The number of rotatable bonds is 11. The molecule has 41 heavy (non-hydrogen) atoms. The second-order valence-corrected chi connectivity index (χ2v) is 10.4. The summed E-state index contributed by atoms with van der Waals surface area (Å²) < 4.78 is 15.9. The molecule has 3 rings (SSSR count). The maximum atomic E-state index is 12.6. The number of hydrogen-bond acceptors (Lipinski definition) is 8. The van der Waals surface area contributed by atoms with Gasteiger partial charge in [0.15, 0.2) is 12.2 Å². The van der Waals surface area contributed by atoms with Crippen LogP contribution in [-0.2, 0) is 16.1 Å². The van der Waals surface area contributed by atoms with Crippen LogP contribution < -0.4 is 26.0 Å². The van der Waals surface area contributed by atoms with Crippen molar-refractivity contribution in [2.75, 3.05) is 24.4 Å². The van der Waals surface area contributed by atoms with Crippen molar-refractivity contribution in [1.29, 1.82) is 5.26 Å². The van der Waals surface area contributed by atoms with Crippen LogP contribution in [0.5, 0.6) is 5.75 Å². The summed E-state index contributed by atoms with van der Waals surface area (Å²) in [5.41, 5.74) is 2.22. The van der Waals surface area contributed by atoms with Gasteiger partial charge in [0.2, 0.25) is 5.91 Å². The topological polar surface area (TPSA) is 168 Å². The predicted octanol–water partition coefficient (Wildman–Crippen LogP) is 5.06. The summed E-state index contributed by atoms with van der Waals surface area (Å²) in [6, 6.07) is 13.0. The third-order valence-corrected chi connectivity index (χ3v) is 5.59. The molecule has 12 nitrogen and oxygen atoms in total. The van der Waals surface area contributed by atoms with Crippen molar-refractivity contribution in [3.63, 3.8) is 0 Å². The van der Waals surface area contributed by atoms with Gasteiger partial charge in [-0.15, -0.1) is 0 Å². The van der Waals surface area contributed by atoms with Crippen molar-refractivity contribution in [2.24, 2.45) is 5.41 Å². The molecule has 0 spiro atoms. The van der Waals surface area contributed by atoms with Gasteiger partial charge in [-0.3, -0.25) is 4.79 Å². The van der Waals surface area contributed by atoms with Crippen LogP contribution in [0.2, 0.25) is 0 Å². The van der Waals surface area contributed by atoms with Crippen molar-refractivity contribution < 1.29 is 28.3 Å². The summed E-state index contributed by atoms with van der Waals surface area (Å²) in [6.07, 6.45) is 2.49. The molecular weight excluding hydrogens is 528 g/mol. The number of anilines is 2. The number of benzene rings is 2. The van der Waals surface area contributed by atoms with Crippen molar-refractivity contribution in [3.05, 3.63) is 60.6 Å². The standard InChI is InChI=1S/C29H34N6O6/c1-29(2,3)14-26(36)33-22(10-11-30)17-40-28(38)32-15-19-6-5-7-20(12-19)34-27(37)35-21-8-9-23(24(13-21)39-4)25-16-31-18-41-25/h5-9,12-13,16,18,22H,10,14-15,17H2,1-4H3,(H,32,38)(H,33,36)(H2,34,35,37). The van der Waals surface area contributed by atoms with Crippen LogP contribution in [0.25, 0.3) is 11.3 Å². The van der Waals surface area contributed by atoms with E-state index >= 15 is 0 Å². The van der Waals surface area contributed by atoms with Gasteiger partial charge in [-0.1, -0.05) is 32.9 Å². The van der Waals surface area contributed by atoms with Crippen molar-refractivity contribution >= 4 is 29.4 Å². The fourth-order valence-corrected chi connectivity index (χ4v) is 3.80. The number of urea groups is 1. The Hall–Kier alpha value is -5.05. The first-order chi connectivity index (χ1) is 19.6. The summed E-state index contributed by atoms with van der Waals surface area (Å²) in [4.78, 5) is 40.9. The highest BCUT2D eigenvalue weighted by Gasteiger charge is 2.20. The number of nitrogens with one attached hydrogen (secondary N) is 4. The summed E-state index contributed by atoms with van der Waals surface area (Å²) >= 11 is 0. The lowest BCUT2D eigenvalue weighted by molar-refractivity contribution is -0.123. The van der Waals surface area contributed by atoms with Crippen LogP contribution in [0.1, 0.15) is 39.2 Å². The normalized spacial score (nSPS) is 11.5. The zero-order valence-corrected chi connectivity index (χ0v) is 23.4. The lowest BCUT2D eigenvalue weighted by Gasteiger charge is -2.21. The Bertz CT molecular complexity index is 1380. The molecule has 0 bridgehead atoms. The molecule has 0 saturated carbocycles. The summed E-state index contributed by atoms with van der Waals surface area (Å²) in [7, 11) is 1.52. The van der Waals surface area contributed by atoms with Crippen LogP contribution in [0.15, 0.2) is 59.5 Å². The van der Waals surface area contributed by atoms with E-state index in [9.17, 15) is 14.4 Å². The van der Waals surface area contributed by atoms with Gasteiger partial charge in [0.1, 0.15) is 12.4 Å². The highest BCUT2D eigenvalue weighted by molar-refractivity contribution is 6.00. The van der Waals surface area contributed by atoms with E-state index in [4.69, 9.17) is 19.2 Å². The zero-order valence-electron chi connectivity index (χ0n) is 23.4. The summed E-state index contributed by atoms with van der Waals surface area (Å²) in [6.45, 7) is 5.80. The maximum Gasteiger partial charge on any atom is 0.407 e. The molecule has 12 heteroatoms. The monoisotopic (exact) mass is 562 g/mol. The molecule has 0 saturated heterocycles. The van der Waals surface area contributed by atoms with E-state index in [1.165, 1.54) is 13.5 Å². The molecule has 4 N–H and O–H groups in total. The molecule has 1 atom stereocenters. The maximum absolute atomic E-state index is 12.6. The lowest BCUT2D eigenvalue weighted by Crippen LogP contribution is -2.40. The third kappa shape index (κ3) is 10.2. The van der Waals surface area contributed by atoms with Crippen LogP contribution in [0.3, 0.4) is 0 Å². The van der Waals surface area contributed by atoms with Gasteiger partial charge in [0.25, 0.3) is 0 Å². The van der Waals surface area contributed by atoms with Crippen LogP contribution in [0.4, 0.5) is 21.0 Å². The van der Waals surface area contributed by atoms with E-state index in [2.05, 4.69) is 26.3 Å². The third-order valence-electron chi connectivity index (χ3n) is 5.59. The molecule has 1 heterocycles. The van der Waals surface area contributed by atoms with Crippen molar-refractivity contribution in [3.8, 4) is 23.1 Å². The first kappa shape index (κ1) is 30.5. The summed E-state index contributed by atoms with van der Waals surface area (Å²) in [5.74, 6) is 0.834.